The van der Waals surface area contributed by atoms with Crippen molar-refractivity contribution in [2.45, 2.75) is 6.92 Å². The third kappa shape index (κ3) is 86.1. The first kappa shape index (κ1) is 30.3. The van der Waals surface area contributed by atoms with Gasteiger partial charge in [-0.25, -0.2) is 4.79 Å². The fourth-order valence-corrected chi connectivity index (χ4v) is 0.174. The summed E-state index contributed by atoms with van der Waals surface area (Å²) in [7, 11) is 13.3. The van der Waals surface area contributed by atoms with Gasteiger partial charge in [-0.1, -0.05) is 6.58 Å². The summed E-state index contributed by atoms with van der Waals surface area (Å²) in [6, 6.07) is 0. The molecule has 0 aliphatic rings. The summed E-state index contributed by atoms with van der Waals surface area (Å²) in [5, 5.41) is 0. The van der Waals surface area contributed by atoms with Crippen LogP contribution in [0.5, 0.6) is 0 Å². The minimum Gasteiger partial charge on any atom is -0.466 e. The zero-order valence-corrected chi connectivity index (χ0v) is 15.7. The van der Waals surface area contributed by atoms with Crippen LogP contribution in [0.25, 0.3) is 0 Å². The lowest BCUT2D eigenvalue weighted by atomic mass is 10.4. The van der Waals surface area contributed by atoms with Crippen LogP contribution in [0.3, 0.4) is 0 Å². The van der Waals surface area contributed by atoms with E-state index in [-0.39, 0.29) is 39.9 Å². The Kier molecular flexibility index (Phi) is 38.1. The molecule has 6 heteroatoms. The number of methoxy groups -OCH3 is 1. The van der Waals surface area contributed by atoms with Gasteiger partial charge in [0.05, 0.1) is 7.11 Å². The van der Waals surface area contributed by atoms with Gasteiger partial charge in [0.2, 0.25) is 0 Å². The van der Waals surface area contributed by atoms with Crippen LogP contribution in [0.4, 0.5) is 0 Å². The Bertz CT molecular complexity index is 163. The molecular formula is C11H28Br2N2O2. The Labute approximate surface area is 128 Å². The molecule has 0 unspecified atom stereocenters. The van der Waals surface area contributed by atoms with Gasteiger partial charge in [-0.15, -0.1) is 34.0 Å². The van der Waals surface area contributed by atoms with Crippen LogP contribution >= 0.6 is 34.0 Å². The number of nitrogens with zero attached hydrogens (tertiary/aromatic N) is 2. The minimum absolute atomic E-state index is 0. The molecule has 0 aromatic carbocycles. The van der Waals surface area contributed by atoms with Crippen molar-refractivity contribution in [1.29, 1.82) is 0 Å². The van der Waals surface area contributed by atoms with E-state index in [1.807, 2.05) is 52.1 Å². The molecule has 108 valence electrons. The lowest BCUT2D eigenvalue weighted by Gasteiger charge is -1.91. The zero-order chi connectivity index (χ0) is 13.0. The summed E-state index contributed by atoms with van der Waals surface area (Å²) < 4.78 is 4.27. The first-order valence-corrected chi connectivity index (χ1v) is 4.60. The molecule has 0 N–H and O–H groups in total. The molecule has 0 atom stereocenters. The normalized spacial score (nSPS) is 7.41. The smallest absolute Gasteiger partial charge is 0.332 e. The Hall–Kier alpha value is 0.0900. The highest BCUT2D eigenvalue weighted by Crippen LogP contribution is 1.87. The van der Waals surface area contributed by atoms with E-state index in [0.717, 1.165) is 0 Å². The van der Waals surface area contributed by atoms with Gasteiger partial charge in [0.15, 0.2) is 0 Å². The van der Waals surface area contributed by atoms with Gasteiger partial charge in [0.1, 0.15) is 0 Å². The van der Waals surface area contributed by atoms with Crippen molar-refractivity contribution in [1.82, 2.24) is 9.80 Å². The third-order valence-electron chi connectivity index (χ3n) is 0.534. The maximum atomic E-state index is 10.2. The number of ether oxygens (including phenoxy) is 1. The quantitative estimate of drug-likeness (QED) is 0.516. The third-order valence-corrected chi connectivity index (χ3v) is 0.534. The molecule has 0 aromatic rings. The molecule has 0 aromatic heterocycles. The molecule has 0 spiro atoms. The molecule has 0 aliphatic carbocycles. The van der Waals surface area contributed by atoms with Crippen LogP contribution in [0.2, 0.25) is 0 Å². The number of rotatable bonds is 1. The SMILES string of the molecule is Br.Br.C=C(C)C(=O)OC.CN(C)C.CN(C)C. The van der Waals surface area contributed by atoms with E-state index in [9.17, 15) is 4.79 Å². The number of hydrogen-bond acceptors (Lipinski definition) is 4. The summed E-state index contributed by atoms with van der Waals surface area (Å²) in [6.07, 6.45) is 0. The summed E-state index contributed by atoms with van der Waals surface area (Å²) in [6.45, 7) is 4.95. The monoisotopic (exact) mass is 378 g/mol. The molecule has 0 amide bonds. The summed E-state index contributed by atoms with van der Waals surface area (Å²) in [5.41, 5.74) is 0.433. The van der Waals surface area contributed by atoms with Crippen LogP contribution in [0, 0.1) is 0 Å². The van der Waals surface area contributed by atoms with E-state index in [2.05, 4.69) is 11.3 Å². The summed E-state index contributed by atoms with van der Waals surface area (Å²) in [4.78, 5) is 14.2. The van der Waals surface area contributed by atoms with Crippen molar-refractivity contribution < 1.29 is 9.53 Å². The largest absolute Gasteiger partial charge is 0.466 e. The topological polar surface area (TPSA) is 32.8 Å². The van der Waals surface area contributed by atoms with Crippen LogP contribution in [-0.4, -0.2) is 65.2 Å². The second-order valence-corrected chi connectivity index (χ2v) is 3.96. The van der Waals surface area contributed by atoms with Crippen molar-refractivity contribution in [2.75, 3.05) is 49.4 Å². The molecule has 0 rings (SSSR count). The lowest BCUT2D eigenvalue weighted by Crippen LogP contribution is -1.99. The van der Waals surface area contributed by atoms with Crippen molar-refractivity contribution >= 4 is 39.9 Å². The van der Waals surface area contributed by atoms with Gasteiger partial charge in [-0.3, -0.25) is 0 Å². The van der Waals surface area contributed by atoms with E-state index in [1.165, 1.54) is 7.11 Å². The maximum Gasteiger partial charge on any atom is 0.332 e. The standard InChI is InChI=1S/C5H8O2.2C3H9N.2BrH/c1-4(2)5(6)7-3;2*1-4(2)3;;/h1H2,2-3H3;2*1-3H3;2*1H. The Morgan fingerprint density at radius 3 is 1.12 bits per heavy atom. The zero-order valence-electron chi connectivity index (χ0n) is 12.2. The second-order valence-electron chi connectivity index (χ2n) is 3.96. The van der Waals surface area contributed by atoms with E-state index in [4.69, 9.17) is 0 Å². The van der Waals surface area contributed by atoms with Crippen LogP contribution in [0.1, 0.15) is 6.92 Å². The van der Waals surface area contributed by atoms with E-state index in [0.29, 0.717) is 5.57 Å². The van der Waals surface area contributed by atoms with Crippen LogP contribution in [0.15, 0.2) is 12.2 Å². The van der Waals surface area contributed by atoms with Gasteiger partial charge in [0, 0.05) is 5.57 Å². The van der Waals surface area contributed by atoms with Crippen molar-refractivity contribution in [3.8, 4) is 0 Å². The number of carbonyl (C=O) groups excluding carboxylic acids is 1. The maximum absolute atomic E-state index is 10.2. The van der Waals surface area contributed by atoms with Crippen molar-refractivity contribution in [3.63, 3.8) is 0 Å². The first-order valence-electron chi connectivity index (χ1n) is 4.60. The molecule has 0 saturated heterocycles. The van der Waals surface area contributed by atoms with Gasteiger partial charge in [0.25, 0.3) is 0 Å². The lowest BCUT2D eigenvalue weighted by molar-refractivity contribution is -0.136. The molecule has 0 aliphatic heterocycles. The fraction of sp³-hybridized carbons (Fsp3) is 0.727. The predicted molar refractivity (Wildman–Crippen MR) is 86.7 cm³/mol. The number of halogens is 2. The van der Waals surface area contributed by atoms with Gasteiger partial charge in [-0.2, -0.15) is 0 Å². The molecule has 0 heterocycles. The minimum atomic E-state index is -0.347. The Balaban J connectivity index is -0.0000000425. The van der Waals surface area contributed by atoms with Gasteiger partial charge < -0.3 is 14.5 Å². The predicted octanol–water partition coefficient (Wildman–Crippen LogP) is 2.25. The fourth-order valence-electron chi connectivity index (χ4n) is 0.174. The average molecular weight is 380 g/mol. The Morgan fingerprint density at radius 2 is 1.12 bits per heavy atom. The summed E-state index contributed by atoms with van der Waals surface area (Å²) in [5.74, 6) is -0.347. The molecule has 0 saturated carbocycles. The highest BCUT2D eigenvalue weighted by molar-refractivity contribution is 8.93. The molecule has 0 bridgehead atoms. The highest BCUT2D eigenvalue weighted by Gasteiger charge is 1.95. The van der Waals surface area contributed by atoms with E-state index >= 15 is 0 Å². The molecule has 17 heavy (non-hydrogen) atoms. The van der Waals surface area contributed by atoms with E-state index in [1.54, 1.807) is 6.92 Å². The molecule has 0 fully saturated rings. The second kappa shape index (κ2) is 21.4. The van der Waals surface area contributed by atoms with Crippen LogP contribution in [-0.2, 0) is 9.53 Å². The summed E-state index contributed by atoms with van der Waals surface area (Å²) >= 11 is 0. The number of carbonyl (C=O) groups is 1. The Morgan fingerprint density at radius 1 is 0.941 bits per heavy atom. The average Bonchev–Trinajstić information content (AvgIpc) is 2.00. The van der Waals surface area contributed by atoms with Gasteiger partial charge >= 0.3 is 5.97 Å². The number of hydrogen-bond donors (Lipinski definition) is 0. The van der Waals surface area contributed by atoms with Crippen molar-refractivity contribution in [3.05, 3.63) is 12.2 Å². The van der Waals surface area contributed by atoms with E-state index < -0.39 is 0 Å². The molecule has 0 radical (unpaired) electrons. The molecule has 4 nitrogen and oxygen atoms in total. The van der Waals surface area contributed by atoms with Crippen LogP contribution < -0.4 is 0 Å². The first-order chi connectivity index (χ1) is 6.64. The van der Waals surface area contributed by atoms with Crippen molar-refractivity contribution in [2.24, 2.45) is 0 Å². The highest BCUT2D eigenvalue weighted by atomic mass is 79.9. The number of esters is 1. The van der Waals surface area contributed by atoms with Gasteiger partial charge in [-0.05, 0) is 49.2 Å². The molecular weight excluding hydrogens is 352 g/mol.